The number of imide groups is 1. The van der Waals surface area contributed by atoms with Gasteiger partial charge in [0.2, 0.25) is 59.1 Å². The second kappa shape index (κ2) is 28.1. The van der Waals surface area contributed by atoms with Crippen LogP contribution in [-0.2, 0) is 60.8 Å². The first-order valence-electron chi connectivity index (χ1n) is 24.9. The molecule has 3 aromatic rings. The summed E-state index contributed by atoms with van der Waals surface area (Å²) in [5.74, 6) is -10.2. The Morgan fingerprint density at radius 3 is 2.00 bits per heavy atom. The molecule has 0 radical (unpaired) electrons. The number of benzene rings is 2. The van der Waals surface area contributed by atoms with Crippen molar-refractivity contribution in [1.29, 1.82) is 10.8 Å². The van der Waals surface area contributed by atoms with Crippen LogP contribution in [0.3, 0.4) is 0 Å². The number of amides is 10. The molecule has 2 aliphatic rings. The summed E-state index contributed by atoms with van der Waals surface area (Å²) in [6.07, 6.45) is -0.427. The third kappa shape index (κ3) is 17.5. The Kier molecular flexibility index (Phi) is 21.6. The predicted octanol–water partition coefficient (Wildman–Crippen LogP) is -2.76. The maximum Gasteiger partial charge on any atom is 0.245 e. The number of aromatic nitrogens is 1. The summed E-state index contributed by atoms with van der Waals surface area (Å²) in [4.78, 5) is 142. The van der Waals surface area contributed by atoms with Gasteiger partial charge in [0, 0.05) is 69.3 Å². The predicted molar refractivity (Wildman–Crippen MR) is 273 cm³/mol. The molecule has 3 heterocycles. The highest BCUT2D eigenvalue weighted by Gasteiger charge is 2.40. The lowest BCUT2D eigenvalue weighted by Gasteiger charge is -2.31. The quantitative estimate of drug-likeness (QED) is 0.0299. The van der Waals surface area contributed by atoms with Crippen LogP contribution in [0.2, 0.25) is 0 Å². The molecule has 7 atom stereocenters. The molecule has 26 nitrogen and oxygen atoms in total. The number of carbonyl (C=O) groups excluding carboxylic acids is 10. The Bertz CT molecular complexity index is 2660. The zero-order chi connectivity index (χ0) is 55.5. The van der Waals surface area contributed by atoms with Gasteiger partial charge < -0.3 is 69.6 Å². The Balaban J connectivity index is 1.54. The minimum absolute atomic E-state index is 0.00359. The van der Waals surface area contributed by atoms with Crippen molar-refractivity contribution < 1.29 is 52.3 Å². The molecule has 0 unspecified atom stereocenters. The van der Waals surface area contributed by atoms with Crippen LogP contribution in [0.4, 0.5) is 4.39 Å². The minimum Gasteiger partial charge on any atom is -0.370 e. The van der Waals surface area contributed by atoms with Gasteiger partial charge >= 0.3 is 0 Å². The molecule has 5 rings (SSSR count). The van der Waals surface area contributed by atoms with E-state index in [1.807, 2.05) is 0 Å². The van der Waals surface area contributed by atoms with E-state index in [0.717, 1.165) is 11.0 Å². The molecule has 2 aromatic carbocycles. The highest BCUT2D eigenvalue weighted by molar-refractivity contribution is 5.99. The van der Waals surface area contributed by atoms with Gasteiger partial charge in [-0.25, -0.2) is 4.39 Å². The van der Waals surface area contributed by atoms with Crippen molar-refractivity contribution in [1.82, 2.24) is 57.7 Å². The molecule has 1 aromatic heterocycles. The van der Waals surface area contributed by atoms with E-state index < -0.39 is 139 Å². The molecule has 0 aliphatic carbocycles. The van der Waals surface area contributed by atoms with E-state index in [1.165, 1.54) is 25.1 Å². The van der Waals surface area contributed by atoms with Crippen LogP contribution >= 0.6 is 0 Å². The summed E-state index contributed by atoms with van der Waals surface area (Å²) < 4.78 is 15.4. The summed E-state index contributed by atoms with van der Waals surface area (Å²) in [5, 5.41) is 38.6. The van der Waals surface area contributed by atoms with Crippen LogP contribution in [0.25, 0.3) is 10.9 Å². The average Bonchev–Trinajstić information content (AvgIpc) is 4.03. The molecule has 2 fully saturated rings. The van der Waals surface area contributed by atoms with Crippen LogP contribution < -0.4 is 65.1 Å². The third-order valence-electron chi connectivity index (χ3n) is 12.8. The largest absolute Gasteiger partial charge is 0.370 e. The van der Waals surface area contributed by atoms with Crippen LogP contribution in [0.5, 0.6) is 0 Å². The van der Waals surface area contributed by atoms with Gasteiger partial charge in [-0.3, -0.25) is 64.1 Å². The highest BCUT2D eigenvalue weighted by atomic mass is 19.1. The lowest BCUT2D eigenvalue weighted by molar-refractivity contribution is -0.143. The van der Waals surface area contributed by atoms with Gasteiger partial charge in [-0.05, 0) is 74.6 Å². The summed E-state index contributed by atoms with van der Waals surface area (Å²) in [5.41, 5.74) is 17.8. The van der Waals surface area contributed by atoms with E-state index in [9.17, 15) is 47.9 Å². The molecule has 0 bridgehead atoms. The molecule has 0 saturated carbocycles. The Labute approximate surface area is 436 Å². The summed E-state index contributed by atoms with van der Waals surface area (Å²) in [6, 6.07) is 2.46. The smallest absolute Gasteiger partial charge is 0.245 e. The van der Waals surface area contributed by atoms with Crippen LogP contribution in [0, 0.1) is 16.6 Å². The number of rotatable bonds is 16. The SMILES string of the molecule is CC(=O)N[C@@H](CCCNC(=N)N)C(=O)N[C@H]1CCC(=O)NC(=O)CC[C@@H](C(N)=O)NC(=O)[C@H](Cc2c[nH]c3ccccc23)NC(=O)[C@H](CCCNC(=N)N)NC(=O)[C@@H](Cc2ccccc2F)NC(=O)[C@@H]2CCCN2C1=O. The molecule has 76 heavy (non-hydrogen) atoms. The Morgan fingerprint density at radius 1 is 0.737 bits per heavy atom. The van der Waals surface area contributed by atoms with E-state index in [2.05, 4.69) is 52.8 Å². The number of halogens is 1. The molecule has 410 valence electrons. The number of nitrogens with two attached hydrogens (primary N) is 3. The fraction of sp³-hybridized carbons (Fsp3) is 0.469. The molecule has 0 spiro atoms. The van der Waals surface area contributed by atoms with Gasteiger partial charge in [0.15, 0.2) is 11.9 Å². The van der Waals surface area contributed by atoms with Gasteiger partial charge in [-0.1, -0.05) is 36.4 Å². The number of aromatic amines is 1. The average molecular weight is 1060 g/mol. The fourth-order valence-corrected chi connectivity index (χ4v) is 8.90. The molecule has 18 N–H and O–H groups in total. The summed E-state index contributed by atoms with van der Waals surface area (Å²) in [7, 11) is 0. The lowest BCUT2D eigenvalue weighted by atomic mass is 10.0. The van der Waals surface area contributed by atoms with Crippen molar-refractivity contribution in [3.63, 3.8) is 0 Å². The zero-order valence-electron chi connectivity index (χ0n) is 42.0. The Morgan fingerprint density at radius 2 is 1.33 bits per heavy atom. The molecule has 10 amide bonds. The van der Waals surface area contributed by atoms with Gasteiger partial charge in [0.1, 0.15) is 48.1 Å². The third-order valence-corrected chi connectivity index (χ3v) is 12.8. The number of primary amides is 1. The second-order valence-electron chi connectivity index (χ2n) is 18.5. The normalized spacial score (nSPS) is 21.9. The molecule has 2 aliphatic heterocycles. The maximum absolute atomic E-state index is 15.4. The van der Waals surface area contributed by atoms with Crippen molar-refractivity contribution in [2.75, 3.05) is 19.6 Å². The molecule has 27 heteroatoms. The first kappa shape index (κ1) is 58.2. The number of nitrogens with zero attached hydrogens (tertiary/aromatic N) is 1. The van der Waals surface area contributed by atoms with Crippen molar-refractivity contribution >= 4 is 81.9 Å². The summed E-state index contributed by atoms with van der Waals surface area (Å²) >= 11 is 0. The van der Waals surface area contributed by atoms with Crippen molar-refractivity contribution in [2.45, 2.75) is 126 Å². The lowest BCUT2D eigenvalue weighted by Crippen LogP contribution is -2.60. The zero-order valence-corrected chi connectivity index (χ0v) is 42.0. The number of H-pyrrole nitrogens is 1. The van der Waals surface area contributed by atoms with Crippen molar-refractivity contribution in [2.24, 2.45) is 17.2 Å². The van der Waals surface area contributed by atoms with Gasteiger partial charge in [0.25, 0.3) is 0 Å². The number of para-hydroxylation sites is 1. The maximum atomic E-state index is 15.4. The minimum atomic E-state index is -1.61. The standard InChI is InChI=1S/C49H67FN16O10/c1-26(67)59-33(13-6-20-56-48(52)53)42(71)62-35-17-19-40(69)65-39(68)18-16-32(41(51)70)60-44(73)37(24-28-25-58-31-12-5-3-10-29(28)31)63-43(72)34(14-7-21-57-49(54)55)61-45(74)36(23-27-9-2-4-11-30(27)50)64-46(75)38-15-8-22-66(38)47(35)76/h2-5,9-12,25,32-38,58H,6-8,13-24H2,1H3,(H2,51,70)(H,59,67)(H,60,73)(H,61,74)(H,62,71)(H,63,72)(H,64,75)(H4,52,53,56)(H4,54,55,57)(H,65,68,69)/t32-,33-,34-,35-,36+,37-,38-/m0/s1. The van der Waals surface area contributed by atoms with Gasteiger partial charge in [-0.2, -0.15) is 0 Å². The monoisotopic (exact) mass is 1060 g/mol. The van der Waals surface area contributed by atoms with E-state index in [1.54, 1.807) is 30.5 Å². The van der Waals surface area contributed by atoms with E-state index >= 15 is 4.39 Å². The van der Waals surface area contributed by atoms with Crippen LogP contribution in [0.1, 0.15) is 82.3 Å². The number of fused-ring (bicyclic) bond motifs is 2. The van der Waals surface area contributed by atoms with Gasteiger partial charge in [0.05, 0.1) is 0 Å². The van der Waals surface area contributed by atoms with Crippen LogP contribution in [-0.4, -0.2) is 143 Å². The molecular weight excluding hydrogens is 992 g/mol. The first-order chi connectivity index (χ1) is 36.2. The van der Waals surface area contributed by atoms with E-state index in [4.69, 9.17) is 28.0 Å². The van der Waals surface area contributed by atoms with Crippen molar-refractivity contribution in [3.05, 3.63) is 71.7 Å². The number of hydrogen-bond donors (Lipinski definition) is 15. The van der Waals surface area contributed by atoms with Crippen molar-refractivity contribution in [3.8, 4) is 0 Å². The first-order valence-corrected chi connectivity index (χ1v) is 24.9. The Hall–Kier alpha value is -8.65. The molecule has 2 saturated heterocycles. The van der Waals surface area contributed by atoms with E-state index in [-0.39, 0.29) is 82.1 Å². The van der Waals surface area contributed by atoms with E-state index in [0.29, 0.717) is 16.5 Å². The summed E-state index contributed by atoms with van der Waals surface area (Å²) in [6.45, 7) is 1.35. The fourth-order valence-electron chi connectivity index (χ4n) is 8.90. The highest BCUT2D eigenvalue weighted by Crippen LogP contribution is 2.22. The van der Waals surface area contributed by atoms with Crippen LogP contribution in [0.15, 0.2) is 54.7 Å². The van der Waals surface area contributed by atoms with Gasteiger partial charge in [-0.15, -0.1) is 0 Å². The topological polar surface area (TPSA) is 424 Å². The molecular formula is C49H67FN16O10. The number of carbonyl (C=O) groups is 10. The number of guanidine groups is 2. The number of hydrogen-bond acceptors (Lipinski definition) is 12. The number of nitrogens with one attached hydrogen (secondary N) is 12. The second-order valence-corrected chi connectivity index (χ2v) is 18.5.